The number of aryl methyl sites for hydroxylation is 1. The fourth-order valence-corrected chi connectivity index (χ4v) is 4.57. The molecule has 2 aromatic heterocycles. The molecule has 1 aliphatic rings. The average Bonchev–Trinajstić information content (AvgIpc) is 2.77. The SMILES string of the molecule is C/C=C/c1cncc(-c2cnc(C)c([C@H](OC(C)(C)C)C(=O)OC(C)C)c2N2CCC(C)(C)CC2)c1. The number of hydrogen-bond acceptors (Lipinski definition) is 6. The van der Waals surface area contributed by atoms with E-state index in [1.807, 2.05) is 79.2 Å². The van der Waals surface area contributed by atoms with Gasteiger partial charge in [0, 0.05) is 54.1 Å². The van der Waals surface area contributed by atoms with Crippen molar-refractivity contribution in [1.29, 1.82) is 0 Å². The predicted octanol–water partition coefficient (Wildman–Crippen LogP) is 6.92. The lowest BCUT2D eigenvalue weighted by Crippen LogP contribution is -2.39. The normalized spacial score (nSPS) is 17.0. The zero-order valence-electron chi connectivity index (χ0n) is 23.5. The van der Waals surface area contributed by atoms with Gasteiger partial charge in [0.25, 0.3) is 0 Å². The van der Waals surface area contributed by atoms with Gasteiger partial charge in [-0.05, 0) is 78.4 Å². The Morgan fingerprint density at radius 1 is 1.14 bits per heavy atom. The quantitative estimate of drug-likeness (QED) is 0.390. The molecule has 0 unspecified atom stereocenters. The predicted molar refractivity (Wildman–Crippen MR) is 147 cm³/mol. The second kappa shape index (κ2) is 11.1. The Balaban J connectivity index is 2.27. The number of aromatic nitrogens is 2. The largest absolute Gasteiger partial charge is 0.461 e. The minimum absolute atomic E-state index is 0.249. The average molecular weight is 494 g/mol. The number of carbonyl (C=O) groups is 1. The van der Waals surface area contributed by atoms with Crippen molar-refractivity contribution < 1.29 is 14.3 Å². The first-order valence-corrected chi connectivity index (χ1v) is 13.0. The molecule has 1 fully saturated rings. The van der Waals surface area contributed by atoms with Crippen molar-refractivity contribution in [2.45, 2.75) is 93.0 Å². The van der Waals surface area contributed by atoms with E-state index in [0.717, 1.165) is 59.6 Å². The van der Waals surface area contributed by atoms with Crippen LogP contribution in [-0.2, 0) is 14.3 Å². The summed E-state index contributed by atoms with van der Waals surface area (Å²) < 4.78 is 12.1. The van der Waals surface area contributed by atoms with Gasteiger partial charge in [0.1, 0.15) is 0 Å². The zero-order valence-corrected chi connectivity index (χ0v) is 23.5. The van der Waals surface area contributed by atoms with Gasteiger partial charge in [-0.25, -0.2) is 4.79 Å². The number of pyridine rings is 2. The monoisotopic (exact) mass is 493 g/mol. The number of carbonyl (C=O) groups excluding carboxylic acids is 1. The second-order valence-corrected chi connectivity index (χ2v) is 11.8. The van der Waals surface area contributed by atoms with Gasteiger partial charge in [0.15, 0.2) is 6.10 Å². The van der Waals surface area contributed by atoms with Crippen LogP contribution in [0.4, 0.5) is 5.69 Å². The third-order valence-corrected chi connectivity index (χ3v) is 6.45. The van der Waals surface area contributed by atoms with Crippen LogP contribution in [0.3, 0.4) is 0 Å². The van der Waals surface area contributed by atoms with Crippen LogP contribution < -0.4 is 4.90 Å². The van der Waals surface area contributed by atoms with Crippen molar-refractivity contribution in [2.75, 3.05) is 18.0 Å². The number of allylic oxidation sites excluding steroid dienone is 1. The van der Waals surface area contributed by atoms with E-state index in [0.29, 0.717) is 0 Å². The summed E-state index contributed by atoms with van der Waals surface area (Å²) in [5.74, 6) is -0.388. The fourth-order valence-electron chi connectivity index (χ4n) is 4.57. The van der Waals surface area contributed by atoms with E-state index in [1.54, 1.807) is 0 Å². The van der Waals surface area contributed by atoms with Gasteiger partial charge >= 0.3 is 5.97 Å². The second-order valence-electron chi connectivity index (χ2n) is 11.8. The summed E-state index contributed by atoms with van der Waals surface area (Å²) in [6.45, 7) is 20.0. The number of ether oxygens (including phenoxy) is 2. The zero-order chi connectivity index (χ0) is 26.7. The Morgan fingerprint density at radius 3 is 2.39 bits per heavy atom. The van der Waals surface area contributed by atoms with Crippen molar-refractivity contribution in [3.05, 3.63) is 47.6 Å². The standard InChI is InChI=1S/C30H43N3O3/c1-10-11-22-16-23(18-31-17-22)24-19-32-21(4)25(26(24)33-14-12-30(8,9)13-15-33)27(36-29(5,6)7)28(34)35-20(2)3/h10-11,16-20,27H,12-15H2,1-9H3/b11-10+/t27-/m0/s1. The Morgan fingerprint density at radius 2 is 1.81 bits per heavy atom. The van der Waals surface area contributed by atoms with Crippen LogP contribution in [0, 0.1) is 12.3 Å². The molecule has 1 saturated heterocycles. The Bertz CT molecular complexity index is 1090. The lowest BCUT2D eigenvalue weighted by atomic mass is 9.82. The first kappa shape index (κ1) is 27.9. The number of hydrogen-bond donors (Lipinski definition) is 0. The molecule has 1 atom stereocenters. The highest BCUT2D eigenvalue weighted by Gasteiger charge is 2.37. The molecule has 0 aromatic carbocycles. The molecule has 0 aliphatic carbocycles. The maximum atomic E-state index is 13.5. The Labute approximate surface area is 217 Å². The molecule has 3 heterocycles. The molecule has 0 amide bonds. The third-order valence-electron chi connectivity index (χ3n) is 6.45. The van der Waals surface area contributed by atoms with E-state index in [4.69, 9.17) is 14.5 Å². The van der Waals surface area contributed by atoms with Crippen molar-refractivity contribution in [1.82, 2.24) is 9.97 Å². The molecule has 36 heavy (non-hydrogen) atoms. The van der Waals surface area contributed by atoms with E-state index in [-0.39, 0.29) is 17.5 Å². The fraction of sp³-hybridized carbons (Fsp3) is 0.567. The molecule has 1 aliphatic heterocycles. The van der Waals surface area contributed by atoms with Crippen LogP contribution in [0.15, 0.2) is 30.7 Å². The number of nitrogens with zero attached hydrogens (tertiary/aromatic N) is 3. The van der Waals surface area contributed by atoms with Crippen LogP contribution in [0.25, 0.3) is 17.2 Å². The Hall–Kier alpha value is -2.73. The van der Waals surface area contributed by atoms with Crippen LogP contribution in [0.2, 0.25) is 0 Å². The summed E-state index contributed by atoms with van der Waals surface area (Å²) in [7, 11) is 0. The summed E-state index contributed by atoms with van der Waals surface area (Å²) in [5, 5.41) is 0. The molecule has 3 rings (SSSR count). The summed E-state index contributed by atoms with van der Waals surface area (Å²) in [6, 6.07) is 2.12. The lowest BCUT2D eigenvalue weighted by Gasteiger charge is -2.41. The van der Waals surface area contributed by atoms with Crippen molar-refractivity contribution in [2.24, 2.45) is 5.41 Å². The van der Waals surface area contributed by atoms with Crippen LogP contribution >= 0.6 is 0 Å². The van der Waals surface area contributed by atoms with Gasteiger partial charge in [-0.2, -0.15) is 0 Å². The van der Waals surface area contributed by atoms with E-state index >= 15 is 0 Å². The van der Waals surface area contributed by atoms with Gasteiger partial charge in [-0.15, -0.1) is 0 Å². The van der Waals surface area contributed by atoms with E-state index in [1.165, 1.54) is 0 Å². The van der Waals surface area contributed by atoms with Gasteiger partial charge in [-0.3, -0.25) is 9.97 Å². The highest BCUT2D eigenvalue weighted by atomic mass is 16.6. The highest BCUT2D eigenvalue weighted by molar-refractivity contribution is 5.87. The molecule has 196 valence electrons. The number of piperidine rings is 1. The first-order valence-electron chi connectivity index (χ1n) is 13.0. The molecule has 6 heteroatoms. The molecule has 0 N–H and O–H groups in total. The van der Waals surface area contributed by atoms with Crippen LogP contribution in [0.5, 0.6) is 0 Å². The molecule has 0 radical (unpaired) electrons. The minimum atomic E-state index is -0.892. The molecule has 2 aromatic rings. The molecule has 0 spiro atoms. The molecular weight excluding hydrogens is 450 g/mol. The topological polar surface area (TPSA) is 64.5 Å². The van der Waals surface area contributed by atoms with Crippen LogP contribution in [0.1, 0.15) is 91.2 Å². The molecule has 0 saturated carbocycles. The van der Waals surface area contributed by atoms with E-state index in [2.05, 4.69) is 29.8 Å². The smallest absolute Gasteiger partial charge is 0.340 e. The number of rotatable bonds is 7. The first-order chi connectivity index (χ1) is 16.8. The van der Waals surface area contributed by atoms with Gasteiger partial charge in [-0.1, -0.05) is 26.0 Å². The molecule has 6 nitrogen and oxygen atoms in total. The number of anilines is 1. The van der Waals surface area contributed by atoms with E-state index in [9.17, 15) is 4.79 Å². The van der Waals surface area contributed by atoms with Gasteiger partial charge < -0.3 is 14.4 Å². The van der Waals surface area contributed by atoms with E-state index < -0.39 is 11.7 Å². The maximum absolute atomic E-state index is 13.5. The summed E-state index contributed by atoms with van der Waals surface area (Å²) in [5.41, 5.74) is 5.20. The lowest BCUT2D eigenvalue weighted by molar-refractivity contribution is -0.171. The summed E-state index contributed by atoms with van der Waals surface area (Å²) in [6.07, 6.45) is 10.6. The van der Waals surface area contributed by atoms with Gasteiger partial charge in [0.05, 0.1) is 17.4 Å². The highest BCUT2D eigenvalue weighted by Crippen LogP contribution is 2.43. The van der Waals surface area contributed by atoms with Crippen molar-refractivity contribution >= 4 is 17.7 Å². The summed E-state index contributed by atoms with van der Waals surface area (Å²) in [4.78, 5) is 25.2. The number of esters is 1. The summed E-state index contributed by atoms with van der Waals surface area (Å²) >= 11 is 0. The maximum Gasteiger partial charge on any atom is 0.340 e. The third kappa shape index (κ3) is 6.94. The minimum Gasteiger partial charge on any atom is -0.461 e. The molecular formula is C30H43N3O3. The van der Waals surface area contributed by atoms with Crippen LogP contribution in [-0.4, -0.2) is 40.7 Å². The molecule has 0 bridgehead atoms. The van der Waals surface area contributed by atoms with Crippen molar-refractivity contribution in [3.8, 4) is 11.1 Å². The van der Waals surface area contributed by atoms with Gasteiger partial charge in [0.2, 0.25) is 0 Å². The van der Waals surface area contributed by atoms with Crippen molar-refractivity contribution in [3.63, 3.8) is 0 Å². The Kier molecular flexibility index (Phi) is 8.60.